The molecule has 1 aromatic rings. The minimum Gasteiger partial charge on any atom is -0.493 e. The van der Waals surface area contributed by atoms with E-state index in [1.54, 1.807) is 7.11 Å². The van der Waals surface area contributed by atoms with Crippen LogP contribution >= 0.6 is 0 Å². The van der Waals surface area contributed by atoms with Gasteiger partial charge in [-0.2, -0.15) is 0 Å². The van der Waals surface area contributed by atoms with E-state index >= 15 is 0 Å². The molecule has 1 aromatic carbocycles. The molecule has 1 saturated heterocycles. The van der Waals surface area contributed by atoms with Crippen LogP contribution in [0.5, 0.6) is 11.5 Å². The molecule has 1 saturated carbocycles. The Labute approximate surface area is 144 Å². The van der Waals surface area contributed by atoms with Crippen molar-refractivity contribution in [1.82, 2.24) is 10.6 Å². The molecular weight excluding hydrogens is 304 g/mol. The highest BCUT2D eigenvalue weighted by Crippen LogP contribution is 2.34. The van der Waals surface area contributed by atoms with Crippen LogP contribution in [0.3, 0.4) is 0 Å². The molecule has 132 valence electrons. The van der Waals surface area contributed by atoms with Crippen molar-refractivity contribution < 1.29 is 14.3 Å². The number of rotatable bonds is 7. The van der Waals surface area contributed by atoms with Gasteiger partial charge in [-0.1, -0.05) is 19.1 Å². The Morgan fingerprint density at radius 2 is 2.08 bits per heavy atom. The van der Waals surface area contributed by atoms with Gasteiger partial charge in [-0.05, 0) is 50.8 Å². The van der Waals surface area contributed by atoms with E-state index in [0.29, 0.717) is 12.5 Å². The lowest BCUT2D eigenvalue weighted by Gasteiger charge is -2.31. The minimum atomic E-state index is 0.0380. The monoisotopic (exact) mass is 332 g/mol. The summed E-state index contributed by atoms with van der Waals surface area (Å²) in [5.41, 5.74) is 0.980. The summed E-state index contributed by atoms with van der Waals surface area (Å²) in [5, 5.41) is 6.28. The molecule has 5 nitrogen and oxygen atoms in total. The number of hydrogen-bond donors (Lipinski definition) is 2. The number of methoxy groups -OCH3 is 1. The van der Waals surface area contributed by atoms with E-state index in [9.17, 15) is 4.79 Å². The van der Waals surface area contributed by atoms with Gasteiger partial charge in [0.2, 0.25) is 5.91 Å². The van der Waals surface area contributed by atoms with Crippen molar-refractivity contribution in [3.05, 3.63) is 23.8 Å². The number of para-hydroxylation sites is 1. The molecule has 0 aromatic heterocycles. The Morgan fingerprint density at radius 3 is 2.71 bits per heavy atom. The fourth-order valence-corrected chi connectivity index (χ4v) is 3.39. The summed E-state index contributed by atoms with van der Waals surface area (Å²) < 4.78 is 11.7. The van der Waals surface area contributed by atoms with Gasteiger partial charge in [0.05, 0.1) is 13.2 Å². The molecular formula is C19H28N2O3. The maximum absolute atomic E-state index is 12.3. The summed E-state index contributed by atoms with van der Waals surface area (Å²) in [6.45, 7) is 4.35. The number of carbonyl (C=O) groups is 1. The normalized spacial score (nSPS) is 19.6. The van der Waals surface area contributed by atoms with Crippen LogP contribution in [0.25, 0.3) is 0 Å². The van der Waals surface area contributed by atoms with E-state index in [1.807, 2.05) is 25.1 Å². The molecule has 1 aliphatic heterocycles. The number of carbonyl (C=O) groups excluding carboxylic acids is 1. The third kappa shape index (κ3) is 3.83. The Balaban J connectivity index is 1.66. The molecule has 5 heteroatoms. The average Bonchev–Trinajstić information content (AvgIpc) is 3.04. The smallest absolute Gasteiger partial charge is 0.223 e. The van der Waals surface area contributed by atoms with Crippen LogP contribution in [0.1, 0.15) is 38.2 Å². The summed E-state index contributed by atoms with van der Waals surface area (Å²) in [6.07, 6.45) is 4.89. The van der Waals surface area contributed by atoms with Gasteiger partial charge in [-0.25, -0.2) is 0 Å². The van der Waals surface area contributed by atoms with Gasteiger partial charge in [0.15, 0.2) is 11.5 Å². The van der Waals surface area contributed by atoms with E-state index in [-0.39, 0.29) is 17.9 Å². The highest BCUT2D eigenvalue weighted by atomic mass is 16.5. The molecule has 1 aliphatic carbocycles. The van der Waals surface area contributed by atoms with Crippen molar-refractivity contribution in [2.24, 2.45) is 11.8 Å². The molecule has 3 rings (SSSR count). The van der Waals surface area contributed by atoms with Crippen LogP contribution in [-0.2, 0) is 11.3 Å². The highest BCUT2D eigenvalue weighted by Gasteiger charge is 2.28. The lowest BCUT2D eigenvalue weighted by atomic mass is 9.88. The quantitative estimate of drug-likeness (QED) is 0.805. The van der Waals surface area contributed by atoms with E-state index in [2.05, 4.69) is 10.6 Å². The summed E-state index contributed by atoms with van der Waals surface area (Å²) in [5.74, 6) is 2.12. The van der Waals surface area contributed by atoms with Crippen molar-refractivity contribution in [2.75, 3.05) is 20.2 Å². The molecule has 24 heavy (non-hydrogen) atoms. The maximum atomic E-state index is 12.3. The minimum absolute atomic E-state index is 0.0380. The van der Waals surface area contributed by atoms with Crippen LogP contribution in [0.4, 0.5) is 0 Å². The molecule has 0 radical (unpaired) electrons. The first-order chi connectivity index (χ1) is 11.7. The van der Waals surface area contributed by atoms with Crippen molar-refractivity contribution >= 4 is 5.91 Å². The zero-order valence-corrected chi connectivity index (χ0v) is 14.6. The van der Waals surface area contributed by atoms with E-state index in [1.165, 1.54) is 12.8 Å². The van der Waals surface area contributed by atoms with Gasteiger partial charge in [0.25, 0.3) is 0 Å². The fraction of sp³-hybridized carbons (Fsp3) is 0.632. The average molecular weight is 332 g/mol. The second-order valence-electron chi connectivity index (χ2n) is 6.90. The lowest BCUT2D eigenvalue weighted by molar-refractivity contribution is -0.126. The van der Waals surface area contributed by atoms with Gasteiger partial charge in [0, 0.05) is 18.0 Å². The number of benzene rings is 1. The van der Waals surface area contributed by atoms with Gasteiger partial charge >= 0.3 is 0 Å². The van der Waals surface area contributed by atoms with Crippen LogP contribution in [0.2, 0.25) is 0 Å². The Morgan fingerprint density at radius 1 is 1.33 bits per heavy atom. The first kappa shape index (κ1) is 17.1. The van der Waals surface area contributed by atoms with E-state index < -0.39 is 0 Å². The third-order valence-corrected chi connectivity index (χ3v) is 5.25. The summed E-state index contributed by atoms with van der Waals surface area (Å²) >= 11 is 0. The van der Waals surface area contributed by atoms with E-state index in [0.717, 1.165) is 43.0 Å². The number of ether oxygens (including phenoxy) is 2. The number of amides is 1. The van der Waals surface area contributed by atoms with Crippen LogP contribution in [0, 0.1) is 11.8 Å². The molecule has 2 fully saturated rings. The SMILES string of the molecule is COc1cccc(CNC(=O)C(C)C2CNC2)c1OC1CCCC1. The Hall–Kier alpha value is -1.75. The molecule has 0 spiro atoms. The molecule has 1 heterocycles. The van der Waals surface area contributed by atoms with Gasteiger partial charge in [-0.15, -0.1) is 0 Å². The summed E-state index contributed by atoms with van der Waals surface area (Å²) in [4.78, 5) is 12.3. The van der Waals surface area contributed by atoms with Gasteiger partial charge in [0.1, 0.15) is 0 Å². The van der Waals surface area contributed by atoms with Crippen molar-refractivity contribution in [2.45, 2.75) is 45.3 Å². The molecule has 0 bridgehead atoms. The molecule has 2 aliphatic rings. The van der Waals surface area contributed by atoms with Crippen molar-refractivity contribution in [1.29, 1.82) is 0 Å². The zero-order valence-electron chi connectivity index (χ0n) is 14.6. The highest BCUT2D eigenvalue weighted by molar-refractivity contribution is 5.78. The Kier molecular flexibility index (Phi) is 5.61. The summed E-state index contributed by atoms with van der Waals surface area (Å²) in [6, 6.07) is 5.86. The Bertz CT molecular complexity index is 566. The standard InChI is InChI=1S/C19H28N2O3/c1-13(15-10-20-11-15)19(22)21-12-14-6-5-9-17(23-2)18(14)24-16-7-3-4-8-16/h5-6,9,13,15-16,20H,3-4,7-8,10-12H2,1-2H3,(H,21,22). The van der Waals surface area contributed by atoms with Crippen LogP contribution in [-0.4, -0.2) is 32.2 Å². The molecule has 2 N–H and O–H groups in total. The number of hydrogen-bond acceptors (Lipinski definition) is 4. The maximum Gasteiger partial charge on any atom is 0.223 e. The van der Waals surface area contributed by atoms with Crippen molar-refractivity contribution in [3.8, 4) is 11.5 Å². The second-order valence-corrected chi connectivity index (χ2v) is 6.90. The predicted molar refractivity (Wildman–Crippen MR) is 93.2 cm³/mol. The topological polar surface area (TPSA) is 59.6 Å². The van der Waals surface area contributed by atoms with Gasteiger partial charge in [-0.3, -0.25) is 4.79 Å². The fourth-order valence-electron chi connectivity index (χ4n) is 3.39. The third-order valence-electron chi connectivity index (χ3n) is 5.25. The molecule has 1 amide bonds. The summed E-state index contributed by atoms with van der Waals surface area (Å²) in [7, 11) is 1.66. The lowest BCUT2D eigenvalue weighted by Crippen LogP contribution is -2.49. The molecule has 1 unspecified atom stereocenters. The van der Waals surface area contributed by atoms with Crippen molar-refractivity contribution in [3.63, 3.8) is 0 Å². The first-order valence-corrected chi connectivity index (χ1v) is 9.00. The largest absolute Gasteiger partial charge is 0.493 e. The predicted octanol–water partition coefficient (Wildman–Crippen LogP) is 2.49. The van der Waals surface area contributed by atoms with Gasteiger partial charge < -0.3 is 20.1 Å². The number of nitrogens with one attached hydrogen (secondary N) is 2. The first-order valence-electron chi connectivity index (χ1n) is 9.00. The molecule has 1 atom stereocenters. The second kappa shape index (κ2) is 7.88. The van der Waals surface area contributed by atoms with Crippen LogP contribution in [0.15, 0.2) is 18.2 Å². The van der Waals surface area contributed by atoms with E-state index in [4.69, 9.17) is 9.47 Å². The van der Waals surface area contributed by atoms with Crippen LogP contribution < -0.4 is 20.1 Å². The zero-order chi connectivity index (χ0) is 16.9.